The summed E-state index contributed by atoms with van der Waals surface area (Å²) in [7, 11) is -2.42. The van der Waals surface area contributed by atoms with E-state index in [1.165, 1.54) is 17.5 Å². The summed E-state index contributed by atoms with van der Waals surface area (Å²) in [5, 5.41) is 2.76. The Bertz CT molecular complexity index is 1180. The maximum absolute atomic E-state index is 13.5. The van der Waals surface area contributed by atoms with E-state index in [0.717, 1.165) is 5.56 Å². The summed E-state index contributed by atoms with van der Waals surface area (Å²) in [6, 6.07) is 20.7. The summed E-state index contributed by atoms with van der Waals surface area (Å²) in [6.45, 7) is 3.93. The zero-order valence-electron chi connectivity index (χ0n) is 18.9. The Morgan fingerprint density at radius 3 is 2.30 bits per heavy atom. The molecule has 0 radical (unpaired) electrons. The van der Waals surface area contributed by atoms with Crippen LogP contribution in [0, 0.1) is 6.92 Å². The van der Waals surface area contributed by atoms with Crippen LogP contribution < -0.4 is 14.8 Å². The Morgan fingerprint density at radius 1 is 1.00 bits per heavy atom. The second-order valence-electron chi connectivity index (χ2n) is 7.40. The van der Waals surface area contributed by atoms with Gasteiger partial charge in [0.25, 0.3) is 0 Å². The summed E-state index contributed by atoms with van der Waals surface area (Å²) in [5.74, 6) is 0.847. The average Bonchev–Trinajstić information content (AvgIpc) is 2.80. The number of hydrogen-bond acceptors (Lipinski definition) is 5. The molecule has 1 amide bonds. The number of amides is 1. The molecule has 174 valence electrons. The third kappa shape index (κ3) is 6.34. The zero-order valence-corrected chi connectivity index (χ0v) is 19.8. The van der Waals surface area contributed by atoms with Gasteiger partial charge in [-0.2, -0.15) is 4.31 Å². The van der Waals surface area contributed by atoms with Crippen LogP contribution in [0.2, 0.25) is 0 Å². The molecule has 0 unspecified atom stereocenters. The number of carbonyl (C=O) groups excluding carboxylic acids is 1. The fraction of sp³-hybridized carbons (Fsp3) is 0.240. The smallest absolute Gasteiger partial charge is 0.243 e. The first-order chi connectivity index (χ1) is 15.8. The Morgan fingerprint density at radius 2 is 1.70 bits per heavy atom. The van der Waals surface area contributed by atoms with E-state index in [-0.39, 0.29) is 18.0 Å². The number of anilines is 1. The first-order valence-corrected chi connectivity index (χ1v) is 12.0. The van der Waals surface area contributed by atoms with Crippen molar-refractivity contribution in [3.05, 3.63) is 83.9 Å². The molecule has 0 aliphatic rings. The highest BCUT2D eigenvalue weighted by Gasteiger charge is 2.27. The van der Waals surface area contributed by atoms with Crippen molar-refractivity contribution in [1.29, 1.82) is 0 Å². The van der Waals surface area contributed by atoms with Crippen molar-refractivity contribution < 1.29 is 22.7 Å². The second kappa shape index (κ2) is 11.0. The van der Waals surface area contributed by atoms with Crippen LogP contribution in [-0.2, 0) is 21.4 Å². The van der Waals surface area contributed by atoms with Crippen LogP contribution in [0.5, 0.6) is 11.5 Å². The lowest BCUT2D eigenvalue weighted by atomic mass is 10.2. The van der Waals surface area contributed by atoms with Gasteiger partial charge in [0, 0.05) is 12.2 Å². The Labute approximate surface area is 195 Å². The predicted octanol–water partition coefficient (Wildman–Crippen LogP) is 4.23. The van der Waals surface area contributed by atoms with E-state index in [0.29, 0.717) is 29.4 Å². The zero-order chi connectivity index (χ0) is 23.8. The van der Waals surface area contributed by atoms with Gasteiger partial charge in [0.15, 0.2) is 0 Å². The monoisotopic (exact) mass is 468 g/mol. The first-order valence-electron chi connectivity index (χ1n) is 10.5. The summed E-state index contributed by atoms with van der Waals surface area (Å²) >= 11 is 0. The van der Waals surface area contributed by atoms with Gasteiger partial charge >= 0.3 is 0 Å². The second-order valence-corrected chi connectivity index (χ2v) is 9.33. The van der Waals surface area contributed by atoms with Crippen molar-refractivity contribution in [2.75, 3.05) is 25.6 Å². The van der Waals surface area contributed by atoms with Gasteiger partial charge in [0.05, 0.1) is 25.2 Å². The molecule has 7 nitrogen and oxygen atoms in total. The molecule has 0 saturated carbocycles. The number of ether oxygens (including phenoxy) is 2. The average molecular weight is 469 g/mol. The molecule has 3 rings (SSSR count). The van der Waals surface area contributed by atoms with Crippen LogP contribution in [0.3, 0.4) is 0 Å². The van der Waals surface area contributed by atoms with Crippen LogP contribution in [0.1, 0.15) is 18.1 Å². The number of benzene rings is 3. The molecule has 0 spiro atoms. The van der Waals surface area contributed by atoms with Crippen molar-refractivity contribution in [2.24, 2.45) is 0 Å². The lowest BCUT2D eigenvalue weighted by molar-refractivity contribution is -0.116. The lowest BCUT2D eigenvalue weighted by Crippen LogP contribution is -2.37. The van der Waals surface area contributed by atoms with Crippen molar-refractivity contribution in [3.8, 4) is 11.5 Å². The van der Waals surface area contributed by atoms with E-state index >= 15 is 0 Å². The standard InChI is InChI=1S/C25H28N2O5S/c1-4-32-22-12-10-21(11-13-22)26-25(28)18-27(17-20-8-6-5-7-9-20)33(29,30)23-14-15-24(31-3)19(2)16-23/h5-16H,4,17-18H2,1-3H3,(H,26,28). The number of aryl methyl sites for hydroxylation is 1. The third-order valence-corrected chi connectivity index (χ3v) is 6.76. The van der Waals surface area contributed by atoms with E-state index in [4.69, 9.17) is 9.47 Å². The van der Waals surface area contributed by atoms with Crippen LogP contribution in [-0.4, -0.2) is 38.9 Å². The molecule has 1 N–H and O–H groups in total. The number of nitrogens with zero attached hydrogens (tertiary/aromatic N) is 1. The number of nitrogens with one attached hydrogen (secondary N) is 1. The minimum absolute atomic E-state index is 0.0605. The molecule has 8 heteroatoms. The molecule has 0 saturated heterocycles. The SMILES string of the molecule is CCOc1ccc(NC(=O)CN(Cc2ccccc2)S(=O)(=O)c2ccc(OC)c(C)c2)cc1. The normalized spacial score (nSPS) is 11.3. The van der Waals surface area contributed by atoms with Gasteiger partial charge in [-0.15, -0.1) is 0 Å². The number of carbonyl (C=O) groups is 1. The van der Waals surface area contributed by atoms with Crippen molar-refractivity contribution in [3.63, 3.8) is 0 Å². The van der Waals surface area contributed by atoms with Crippen molar-refractivity contribution >= 4 is 21.6 Å². The maximum Gasteiger partial charge on any atom is 0.243 e. The maximum atomic E-state index is 13.5. The first kappa shape index (κ1) is 24.3. The molecule has 0 bridgehead atoms. The fourth-order valence-electron chi connectivity index (χ4n) is 3.34. The largest absolute Gasteiger partial charge is 0.496 e. The minimum Gasteiger partial charge on any atom is -0.496 e. The molecule has 0 aliphatic heterocycles. The van der Waals surface area contributed by atoms with Gasteiger partial charge in [0.2, 0.25) is 15.9 Å². The molecular weight excluding hydrogens is 440 g/mol. The van der Waals surface area contributed by atoms with Gasteiger partial charge in [-0.25, -0.2) is 8.42 Å². The molecule has 0 aliphatic carbocycles. The van der Waals surface area contributed by atoms with Crippen LogP contribution in [0.4, 0.5) is 5.69 Å². The highest BCUT2D eigenvalue weighted by atomic mass is 32.2. The lowest BCUT2D eigenvalue weighted by Gasteiger charge is -2.22. The number of rotatable bonds is 10. The van der Waals surface area contributed by atoms with E-state index in [1.807, 2.05) is 37.3 Å². The molecule has 33 heavy (non-hydrogen) atoms. The van der Waals surface area contributed by atoms with Gasteiger partial charge in [-0.05, 0) is 67.4 Å². The fourth-order valence-corrected chi connectivity index (χ4v) is 4.81. The molecule has 0 aromatic heterocycles. The summed E-state index contributed by atoms with van der Waals surface area (Å²) in [4.78, 5) is 12.9. The van der Waals surface area contributed by atoms with Crippen molar-refractivity contribution in [1.82, 2.24) is 4.31 Å². The highest BCUT2D eigenvalue weighted by molar-refractivity contribution is 7.89. The molecule has 0 heterocycles. The van der Waals surface area contributed by atoms with E-state index in [1.54, 1.807) is 43.3 Å². The number of methoxy groups -OCH3 is 1. The Balaban J connectivity index is 1.84. The van der Waals surface area contributed by atoms with Crippen LogP contribution in [0.25, 0.3) is 0 Å². The Kier molecular flexibility index (Phi) is 8.08. The van der Waals surface area contributed by atoms with Gasteiger partial charge in [-0.3, -0.25) is 4.79 Å². The van der Waals surface area contributed by atoms with Crippen LogP contribution in [0.15, 0.2) is 77.7 Å². The quantitative estimate of drug-likeness (QED) is 0.481. The van der Waals surface area contributed by atoms with Gasteiger partial charge < -0.3 is 14.8 Å². The predicted molar refractivity (Wildman–Crippen MR) is 128 cm³/mol. The molecular formula is C25H28N2O5S. The topological polar surface area (TPSA) is 84.9 Å². The highest BCUT2D eigenvalue weighted by Crippen LogP contribution is 2.25. The molecule has 3 aromatic rings. The van der Waals surface area contributed by atoms with Gasteiger partial charge in [-0.1, -0.05) is 30.3 Å². The minimum atomic E-state index is -3.95. The van der Waals surface area contributed by atoms with E-state index < -0.39 is 15.9 Å². The number of hydrogen-bond donors (Lipinski definition) is 1. The van der Waals surface area contributed by atoms with Crippen LogP contribution >= 0.6 is 0 Å². The summed E-state index contributed by atoms with van der Waals surface area (Å²) < 4.78 is 38.8. The third-order valence-electron chi connectivity index (χ3n) is 4.97. The van der Waals surface area contributed by atoms with E-state index in [2.05, 4.69) is 5.32 Å². The van der Waals surface area contributed by atoms with Gasteiger partial charge in [0.1, 0.15) is 11.5 Å². The Hall–Kier alpha value is -3.36. The summed E-state index contributed by atoms with van der Waals surface area (Å²) in [6.07, 6.45) is 0. The molecule has 3 aromatic carbocycles. The molecule has 0 atom stereocenters. The molecule has 0 fully saturated rings. The summed E-state index contributed by atoms with van der Waals surface area (Å²) in [5.41, 5.74) is 2.03. The van der Waals surface area contributed by atoms with E-state index in [9.17, 15) is 13.2 Å². The van der Waals surface area contributed by atoms with Crippen molar-refractivity contribution in [2.45, 2.75) is 25.3 Å². The number of sulfonamides is 1.